The van der Waals surface area contributed by atoms with Crippen LogP contribution in [0.2, 0.25) is 0 Å². The normalized spacial score (nSPS) is 15.6. The number of rotatable bonds is 4. The molecule has 1 saturated heterocycles. The summed E-state index contributed by atoms with van der Waals surface area (Å²) in [5, 5.41) is 14.5. The highest BCUT2D eigenvalue weighted by Crippen LogP contribution is 2.38. The number of aromatic nitrogens is 1. The molecule has 1 aliphatic heterocycles. The van der Waals surface area contributed by atoms with Crippen molar-refractivity contribution in [1.29, 1.82) is 0 Å². The summed E-state index contributed by atoms with van der Waals surface area (Å²) in [5.41, 5.74) is -2.68. The Balaban J connectivity index is 1.83. The highest BCUT2D eigenvalue weighted by Gasteiger charge is 2.36. The molecule has 0 saturated carbocycles. The molecule has 1 fully saturated rings. The minimum atomic E-state index is -4.66. The van der Waals surface area contributed by atoms with Crippen molar-refractivity contribution in [2.75, 3.05) is 26.7 Å². The maximum atomic E-state index is 13.6. The first-order chi connectivity index (χ1) is 15.6. The predicted octanol–water partition coefficient (Wildman–Crippen LogP) is 3.79. The van der Waals surface area contributed by atoms with Crippen molar-refractivity contribution in [3.05, 3.63) is 28.3 Å². The first kappa shape index (κ1) is 24.8. The largest absolute Gasteiger partial charge is 0.449 e. The third kappa shape index (κ3) is 5.75. The van der Waals surface area contributed by atoms with Gasteiger partial charge in [0.15, 0.2) is 0 Å². The SMILES string of the molecule is CCCCOC(=O)N1CCC(O)(C#Cc2cc(C(F)(F)F)c3scc(C(=O)NC)c3n2)CC1. The third-order valence-corrected chi connectivity index (χ3v) is 6.30. The van der Waals surface area contributed by atoms with Crippen LogP contribution in [0.15, 0.2) is 11.4 Å². The molecule has 3 heterocycles. The van der Waals surface area contributed by atoms with Gasteiger partial charge >= 0.3 is 12.3 Å². The van der Waals surface area contributed by atoms with Crippen LogP contribution in [0.4, 0.5) is 18.0 Å². The Kier molecular flexibility index (Phi) is 7.49. The number of alkyl halides is 3. The molecule has 2 aromatic rings. The number of hydrogen-bond donors (Lipinski definition) is 2. The summed E-state index contributed by atoms with van der Waals surface area (Å²) in [6.07, 6.45) is -3.21. The van der Waals surface area contributed by atoms with Crippen molar-refractivity contribution in [3.63, 3.8) is 0 Å². The fourth-order valence-electron chi connectivity index (χ4n) is 3.34. The number of halogens is 3. The highest BCUT2D eigenvalue weighted by molar-refractivity contribution is 7.17. The quantitative estimate of drug-likeness (QED) is 0.510. The molecule has 0 spiro atoms. The van der Waals surface area contributed by atoms with E-state index in [-0.39, 0.29) is 47.4 Å². The molecule has 0 aromatic carbocycles. The van der Waals surface area contributed by atoms with E-state index >= 15 is 0 Å². The molecule has 0 radical (unpaired) electrons. The number of nitrogens with zero attached hydrogens (tertiary/aromatic N) is 2. The molecular weight excluding hydrogens is 459 g/mol. The van der Waals surface area contributed by atoms with E-state index in [4.69, 9.17) is 4.74 Å². The Labute approximate surface area is 192 Å². The van der Waals surface area contributed by atoms with Crippen LogP contribution < -0.4 is 5.32 Å². The number of fused-ring (bicyclic) bond motifs is 1. The van der Waals surface area contributed by atoms with Gasteiger partial charge in [0.1, 0.15) is 11.3 Å². The van der Waals surface area contributed by atoms with Crippen LogP contribution in [0.25, 0.3) is 10.2 Å². The predicted molar refractivity (Wildman–Crippen MR) is 117 cm³/mol. The molecule has 0 atom stereocenters. The minimum Gasteiger partial charge on any atom is -0.449 e. The lowest BCUT2D eigenvalue weighted by Crippen LogP contribution is -2.46. The van der Waals surface area contributed by atoms with Gasteiger partial charge in [-0.1, -0.05) is 19.3 Å². The maximum Gasteiger partial charge on any atom is 0.417 e. The van der Waals surface area contributed by atoms with Gasteiger partial charge in [0.2, 0.25) is 0 Å². The summed E-state index contributed by atoms with van der Waals surface area (Å²) < 4.78 is 45.9. The molecule has 178 valence electrons. The molecular formula is C22H24F3N3O4S. The zero-order valence-electron chi connectivity index (χ0n) is 18.2. The Hall–Kier alpha value is -2.84. The smallest absolute Gasteiger partial charge is 0.417 e. The lowest BCUT2D eigenvalue weighted by atomic mass is 9.92. The van der Waals surface area contributed by atoms with Gasteiger partial charge in [0, 0.05) is 38.4 Å². The van der Waals surface area contributed by atoms with Crippen molar-refractivity contribution in [2.45, 2.75) is 44.4 Å². The molecule has 1 aliphatic rings. The Bertz CT molecular complexity index is 1100. The first-order valence-corrected chi connectivity index (χ1v) is 11.3. The van der Waals surface area contributed by atoms with Crippen molar-refractivity contribution in [3.8, 4) is 11.8 Å². The summed E-state index contributed by atoms with van der Waals surface area (Å²) in [6, 6.07) is 0.822. The number of nitrogens with one attached hydrogen (secondary N) is 1. The monoisotopic (exact) mass is 483 g/mol. The lowest BCUT2D eigenvalue weighted by molar-refractivity contribution is -0.136. The van der Waals surface area contributed by atoms with Gasteiger partial charge in [-0.3, -0.25) is 4.79 Å². The van der Waals surface area contributed by atoms with Gasteiger partial charge < -0.3 is 20.1 Å². The van der Waals surface area contributed by atoms with Crippen LogP contribution >= 0.6 is 11.3 Å². The topological polar surface area (TPSA) is 91.8 Å². The van der Waals surface area contributed by atoms with Crippen LogP contribution in [0.5, 0.6) is 0 Å². The number of likely N-dealkylation sites (tertiary alicyclic amines) is 1. The van der Waals surface area contributed by atoms with E-state index < -0.39 is 29.3 Å². The number of ether oxygens (including phenoxy) is 1. The molecule has 2 N–H and O–H groups in total. The molecule has 11 heteroatoms. The molecule has 0 aliphatic carbocycles. The number of piperidine rings is 1. The number of aliphatic hydroxyl groups is 1. The number of thiophene rings is 1. The summed E-state index contributed by atoms with van der Waals surface area (Å²) in [6.45, 7) is 2.73. The van der Waals surface area contributed by atoms with Gasteiger partial charge in [0.25, 0.3) is 5.91 Å². The number of amides is 2. The van der Waals surface area contributed by atoms with Crippen LogP contribution in [-0.2, 0) is 10.9 Å². The lowest BCUT2D eigenvalue weighted by Gasteiger charge is -2.34. The molecule has 7 nitrogen and oxygen atoms in total. The van der Waals surface area contributed by atoms with Gasteiger partial charge in [-0.25, -0.2) is 9.78 Å². The second-order valence-electron chi connectivity index (χ2n) is 7.70. The average molecular weight is 484 g/mol. The third-order valence-electron chi connectivity index (χ3n) is 5.30. The van der Waals surface area contributed by atoms with E-state index in [1.807, 2.05) is 6.92 Å². The van der Waals surface area contributed by atoms with Gasteiger partial charge in [0.05, 0.1) is 28.0 Å². The fourth-order valence-corrected chi connectivity index (χ4v) is 4.36. The molecule has 33 heavy (non-hydrogen) atoms. The summed E-state index contributed by atoms with van der Waals surface area (Å²) in [4.78, 5) is 29.7. The first-order valence-electron chi connectivity index (χ1n) is 10.5. The Morgan fingerprint density at radius 3 is 2.67 bits per heavy atom. The fraction of sp³-hybridized carbons (Fsp3) is 0.500. The van der Waals surface area contributed by atoms with E-state index in [1.54, 1.807) is 0 Å². The number of pyridine rings is 1. The van der Waals surface area contributed by atoms with Crippen LogP contribution in [-0.4, -0.2) is 59.3 Å². The van der Waals surface area contributed by atoms with Crippen molar-refractivity contribution in [1.82, 2.24) is 15.2 Å². The number of hydrogen-bond acceptors (Lipinski definition) is 6. The maximum absolute atomic E-state index is 13.6. The molecule has 0 unspecified atom stereocenters. The molecule has 0 bridgehead atoms. The zero-order valence-corrected chi connectivity index (χ0v) is 19.0. The molecule has 3 rings (SSSR count). The zero-order chi connectivity index (χ0) is 24.2. The van der Waals surface area contributed by atoms with Crippen molar-refractivity contribution >= 4 is 33.6 Å². The van der Waals surface area contributed by atoms with Gasteiger partial charge in [-0.15, -0.1) is 11.3 Å². The van der Waals surface area contributed by atoms with E-state index in [0.29, 0.717) is 6.61 Å². The highest BCUT2D eigenvalue weighted by atomic mass is 32.1. The summed E-state index contributed by atoms with van der Waals surface area (Å²) in [5.74, 6) is 4.62. The van der Waals surface area contributed by atoms with Crippen LogP contribution in [0.3, 0.4) is 0 Å². The van der Waals surface area contributed by atoms with Gasteiger partial charge in [-0.05, 0) is 18.4 Å². The van der Waals surface area contributed by atoms with Gasteiger partial charge in [-0.2, -0.15) is 13.2 Å². The standard InChI is InChI=1S/C22H24F3N3O4S/c1-3-4-11-32-20(30)28-9-7-21(31,8-10-28)6-5-14-12-16(22(23,24)25)18-17(27-14)15(13-33-18)19(29)26-2/h12-13,31H,3-4,7-11H2,1-2H3,(H,26,29). The Morgan fingerprint density at radius 2 is 2.06 bits per heavy atom. The summed E-state index contributed by atoms with van der Waals surface area (Å²) >= 11 is 0.785. The van der Waals surface area contributed by atoms with E-state index in [9.17, 15) is 27.9 Å². The van der Waals surface area contributed by atoms with Crippen molar-refractivity contribution in [2.24, 2.45) is 0 Å². The van der Waals surface area contributed by atoms with Crippen molar-refractivity contribution < 1.29 is 32.6 Å². The molecule has 2 amide bonds. The van der Waals surface area contributed by atoms with Crippen LogP contribution in [0, 0.1) is 11.8 Å². The van der Waals surface area contributed by atoms with Crippen LogP contribution in [0.1, 0.15) is 54.2 Å². The summed E-state index contributed by atoms with van der Waals surface area (Å²) in [7, 11) is 1.38. The second-order valence-corrected chi connectivity index (χ2v) is 8.58. The number of unbranched alkanes of at least 4 members (excludes halogenated alkanes) is 1. The van der Waals surface area contributed by atoms with E-state index in [0.717, 1.165) is 30.2 Å². The average Bonchev–Trinajstić information content (AvgIpc) is 3.20. The molecule has 2 aromatic heterocycles. The number of carbonyl (C=O) groups excluding carboxylic acids is 2. The number of carbonyl (C=O) groups is 2. The van der Waals surface area contributed by atoms with E-state index in [2.05, 4.69) is 22.1 Å². The Morgan fingerprint density at radius 1 is 1.36 bits per heavy atom. The van der Waals surface area contributed by atoms with E-state index in [1.165, 1.54) is 17.3 Å². The second kappa shape index (κ2) is 9.97. The minimum absolute atomic E-state index is 0.0280.